The molecule has 0 amide bonds. The van der Waals surface area contributed by atoms with Crippen molar-refractivity contribution in [2.45, 2.75) is 39.2 Å². The standard InChI is InChI=1S/C21H21FN2O4S/c1-11-6-7-15-16(8-11)29-21-18(15)20(26)23-19(24-21)12(2)28-17(25)10-27-14-5-3-4-13(22)9-14/h3-5,9,11-12H,6-8,10H2,1-2H3,(H,23,24,26)/t11-,12-/m1/s1. The zero-order valence-electron chi connectivity index (χ0n) is 16.2. The van der Waals surface area contributed by atoms with Crippen LogP contribution in [0.5, 0.6) is 5.75 Å². The fourth-order valence-electron chi connectivity index (χ4n) is 3.54. The first kappa shape index (κ1) is 19.6. The van der Waals surface area contributed by atoms with Gasteiger partial charge in [0.1, 0.15) is 16.4 Å². The first-order chi connectivity index (χ1) is 13.9. The molecule has 3 aromatic rings. The van der Waals surface area contributed by atoms with Crippen molar-refractivity contribution in [2.75, 3.05) is 6.61 Å². The van der Waals surface area contributed by atoms with Gasteiger partial charge in [0, 0.05) is 10.9 Å². The summed E-state index contributed by atoms with van der Waals surface area (Å²) >= 11 is 1.55. The molecule has 2 atom stereocenters. The molecule has 1 N–H and O–H groups in total. The minimum absolute atomic E-state index is 0.198. The van der Waals surface area contributed by atoms with Crippen LogP contribution in [0.15, 0.2) is 29.1 Å². The van der Waals surface area contributed by atoms with Crippen molar-refractivity contribution in [1.82, 2.24) is 9.97 Å². The second-order valence-corrected chi connectivity index (χ2v) is 8.44. The average Bonchev–Trinajstić information content (AvgIpc) is 3.04. The van der Waals surface area contributed by atoms with Gasteiger partial charge in [-0.3, -0.25) is 4.79 Å². The molecule has 6 nitrogen and oxygen atoms in total. The van der Waals surface area contributed by atoms with E-state index in [9.17, 15) is 14.0 Å². The normalized spacial score (nSPS) is 17.0. The fourth-order valence-corrected chi connectivity index (χ4v) is 4.93. The molecule has 0 bridgehead atoms. The highest BCUT2D eigenvalue weighted by atomic mass is 32.1. The maximum atomic E-state index is 13.2. The molecule has 29 heavy (non-hydrogen) atoms. The number of H-pyrrole nitrogens is 1. The Morgan fingerprint density at radius 1 is 1.45 bits per heavy atom. The second kappa shape index (κ2) is 7.94. The third-order valence-electron chi connectivity index (χ3n) is 5.03. The zero-order valence-corrected chi connectivity index (χ0v) is 17.0. The van der Waals surface area contributed by atoms with Gasteiger partial charge in [0.2, 0.25) is 0 Å². The monoisotopic (exact) mass is 416 g/mol. The van der Waals surface area contributed by atoms with Crippen LogP contribution in [0.4, 0.5) is 4.39 Å². The Morgan fingerprint density at radius 3 is 3.07 bits per heavy atom. The van der Waals surface area contributed by atoms with Gasteiger partial charge in [0.05, 0.1) is 5.39 Å². The summed E-state index contributed by atoms with van der Waals surface area (Å²) in [6, 6.07) is 5.51. The summed E-state index contributed by atoms with van der Waals surface area (Å²) in [5.41, 5.74) is 0.910. The molecule has 0 aliphatic heterocycles. The van der Waals surface area contributed by atoms with Gasteiger partial charge in [0.25, 0.3) is 5.56 Å². The maximum absolute atomic E-state index is 13.2. The molecule has 2 aromatic heterocycles. The quantitative estimate of drug-likeness (QED) is 0.638. The second-order valence-electron chi connectivity index (χ2n) is 7.36. The summed E-state index contributed by atoms with van der Waals surface area (Å²) in [5.74, 6) is 0.0532. The minimum atomic E-state index is -0.742. The molecule has 0 radical (unpaired) electrons. The molecule has 0 fully saturated rings. The molecule has 1 aliphatic rings. The highest BCUT2D eigenvalue weighted by Gasteiger charge is 2.24. The van der Waals surface area contributed by atoms with Crippen molar-refractivity contribution in [3.05, 3.63) is 56.7 Å². The number of rotatable bonds is 5. The lowest BCUT2D eigenvalue weighted by Crippen LogP contribution is -2.21. The van der Waals surface area contributed by atoms with Crippen LogP contribution in [-0.4, -0.2) is 22.5 Å². The molecule has 2 heterocycles. The Balaban J connectivity index is 1.47. The lowest BCUT2D eigenvalue weighted by molar-refractivity contribution is -0.151. The van der Waals surface area contributed by atoms with E-state index in [1.165, 1.54) is 23.1 Å². The summed E-state index contributed by atoms with van der Waals surface area (Å²) in [4.78, 5) is 33.9. The first-order valence-electron chi connectivity index (χ1n) is 9.53. The first-order valence-corrected chi connectivity index (χ1v) is 10.3. The van der Waals surface area contributed by atoms with Gasteiger partial charge in [-0.2, -0.15) is 0 Å². The number of thiophene rings is 1. The van der Waals surface area contributed by atoms with Crippen LogP contribution in [-0.2, 0) is 22.4 Å². The minimum Gasteiger partial charge on any atom is -0.482 e. The number of aromatic amines is 1. The lowest BCUT2D eigenvalue weighted by atomic mass is 9.89. The number of nitrogens with zero attached hydrogens (tertiary/aromatic N) is 1. The van der Waals surface area contributed by atoms with Crippen molar-refractivity contribution >= 4 is 27.5 Å². The van der Waals surface area contributed by atoms with Crippen LogP contribution >= 0.6 is 11.3 Å². The third-order valence-corrected chi connectivity index (χ3v) is 6.18. The largest absolute Gasteiger partial charge is 0.482 e. The summed E-state index contributed by atoms with van der Waals surface area (Å²) in [6.07, 6.45) is 2.18. The van der Waals surface area contributed by atoms with E-state index in [0.29, 0.717) is 22.0 Å². The van der Waals surface area contributed by atoms with Crippen molar-refractivity contribution in [3.63, 3.8) is 0 Å². The van der Waals surface area contributed by atoms with E-state index in [-0.39, 0.29) is 17.9 Å². The highest BCUT2D eigenvalue weighted by molar-refractivity contribution is 7.18. The number of esters is 1. The van der Waals surface area contributed by atoms with Crippen LogP contribution in [0, 0.1) is 11.7 Å². The van der Waals surface area contributed by atoms with E-state index in [0.717, 1.165) is 24.8 Å². The molecule has 0 saturated carbocycles. The number of carbonyl (C=O) groups is 1. The fraction of sp³-hybridized carbons (Fsp3) is 0.381. The number of fused-ring (bicyclic) bond motifs is 3. The van der Waals surface area contributed by atoms with Gasteiger partial charge >= 0.3 is 5.97 Å². The summed E-state index contributed by atoms with van der Waals surface area (Å²) in [7, 11) is 0. The lowest BCUT2D eigenvalue weighted by Gasteiger charge is -2.17. The van der Waals surface area contributed by atoms with Gasteiger partial charge in [-0.25, -0.2) is 14.2 Å². The van der Waals surface area contributed by atoms with E-state index < -0.39 is 17.9 Å². The summed E-state index contributed by atoms with van der Waals surface area (Å²) in [6.45, 7) is 3.48. The van der Waals surface area contributed by atoms with Crippen molar-refractivity contribution in [2.24, 2.45) is 5.92 Å². The van der Waals surface area contributed by atoms with E-state index in [4.69, 9.17) is 9.47 Å². The number of halogens is 1. The predicted octanol–water partition coefficient (Wildman–Crippen LogP) is 3.93. The molecule has 1 aromatic carbocycles. The number of carbonyl (C=O) groups excluding carboxylic acids is 1. The van der Waals surface area contributed by atoms with Crippen LogP contribution in [0.2, 0.25) is 0 Å². The van der Waals surface area contributed by atoms with Gasteiger partial charge in [0.15, 0.2) is 18.5 Å². The number of aromatic nitrogens is 2. The molecule has 4 rings (SSSR count). The molecule has 0 unspecified atom stereocenters. The van der Waals surface area contributed by atoms with Crippen LogP contribution in [0.1, 0.15) is 42.6 Å². The number of ether oxygens (including phenoxy) is 2. The number of benzene rings is 1. The Bertz CT molecular complexity index is 1120. The van der Waals surface area contributed by atoms with Crippen LogP contribution in [0.25, 0.3) is 10.2 Å². The summed E-state index contributed by atoms with van der Waals surface area (Å²) in [5, 5.41) is 0.661. The van der Waals surface area contributed by atoms with Crippen LogP contribution in [0.3, 0.4) is 0 Å². The van der Waals surface area contributed by atoms with Gasteiger partial charge in [-0.05, 0) is 49.8 Å². The SMILES string of the molecule is C[C@@H]1CCc2c(sc3nc([C@@H](C)OC(=O)COc4cccc(F)c4)[nH]c(=O)c23)C1. The smallest absolute Gasteiger partial charge is 0.344 e. The molecular formula is C21H21FN2O4S. The summed E-state index contributed by atoms with van der Waals surface area (Å²) < 4.78 is 23.7. The third kappa shape index (κ3) is 4.17. The Morgan fingerprint density at radius 2 is 2.28 bits per heavy atom. The Kier molecular flexibility index (Phi) is 5.36. The number of nitrogens with one attached hydrogen (secondary N) is 1. The highest BCUT2D eigenvalue weighted by Crippen LogP contribution is 2.35. The van der Waals surface area contributed by atoms with Crippen LogP contribution < -0.4 is 10.3 Å². The van der Waals surface area contributed by atoms with E-state index in [1.54, 1.807) is 24.3 Å². The number of hydrogen-bond donors (Lipinski definition) is 1. The Hall–Kier alpha value is -2.74. The topological polar surface area (TPSA) is 81.3 Å². The maximum Gasteiger partial charge on any atom is 0.344 e. The zero-order chi connectivity index (χ0) is 20.5. The van der Waals surface area contributed by atoms with Gasteiger partial charge in [-0.1, -0.05) is 13.0 Å². The molecule has 0 spiro atoms. The van der Waals surface area contributed by atoms with Gasteiger partial charge < -0.3 is 14.5 Å². The number of aryl methyl sites for hydroxylation is 1. The number of hydrogen-bond acceptors (Lipinski definition) is 6. The molecule has 0 saturated heterocycles. The molecule has 1 aliphatic carbocycles. The Labute approximate surface area is 170 Å². The molecule has 8 heteroatoms. The molecule has 152 valence electrons. The predicted molar refractivity (Wildman–Crippen MR) is 108 cm³/mol. The van der Waals surface area contributed by atoms with Gasteiger partial charge in [-0.15, -0.1) is 11.3 Å². The average molecular weight is 416 g/mol. The van der Waals surface area contributed by atoms with Crippen molar-refractivity contribution in [3.8, 4) is 5.75 Å². The van der Waals surface area contributed by atoms with Crippen molar-refractivity contribution in [1.29, 1.82) is 0 Å². The molecular weight excluding hydrogens is 395 g/mol. The van der Waals surface area contributed by atoms with Crippen molar-refractivity contribution < 1.29 is 18.7 Å². The van der Waals surface area contributed by atoms with E-state index in [2.05, 4.69) is 16.9 Å². The van der Waals surface area contributed by atoms with E-state index in [1.807, 2.05) is 0 Å². The van der Waals surface area contributed by atoms with E-state index >= 15 is 0 Å².